The van der Waals surface area contributed by atoms with E-state index >= 15 is 0 Å². The van der Waals surface area contributed by atoms with Crippen LogP contribution in [0.1, 0.15) is 93.9 Å². The number of ketones is 2. The van der Waals surface area contributed by atoms with E-state index in [0.29, 0.717) is 25.7 Å². The van der Waals surface area contributed by atoms with Gasteiger partial charge >= 0.3 is 0 Å². The molecule has 4 aliphatic carbocycles. The average molecular weight is 665 g/mol. The number of rotatable bonds is 5. The smallest absolute Gasteiger partial charge is 0.187 e. The number of aliphatic hydroxyl groups is 6. The van der Waals surface area contributed by atoms with Gasteiger partial charge in [0.15, 0.2) is 12.1 Å². The lowest BCUT2D eigenvalue weighted by atomic mass is 9.38. The van der Waals surface area contributed by atoms with E-state index in [1.807, 2.05) is 27.7 Å². The van der Waals surface area contributed by atoms with Crippen LogP contribution in [0.15, 0.2) is 11.6 Å². The van der Waals surface area contributed by atoms with Crippen LogP contribution in [0, 0.1) is 39.4 Å². The fraction of sp³-hybridized carbons (Fsp3) is 0.889. The summed E-state index contributed by atoms with van der Waals surface area (Å²) in [6.07, 6.45) is -4.72. The Morgan fingerprint density at radius 2 is 1.64 bits per heavy atom. The summed E-state index contributed by atoms with van der Waals surface area (Å²) in [5.41, 5.74) is -3.78. The van der Waals surface area contributed by atoms with Crippen LogP contribution in [-0.4, -0.2) is 109 Å². The zero-order chi connectivity index (χ0) is 34.9. The third-order valence-electron chi connectivity index (χ3n) is 14.3. The molecule has 15 atom stereocenters. The Hall–Kier alpha value is -1.28. The molecule has 0 spiro atoms. The molecular weight excluding hydrogens is 608 g/mol. The van der Waals surface area contributed by atoms with E-state index in [-0.39, 0.29) is 48.3 Å². The largest absolute Gasteiger partial charge is 0.394 e. The maximum absolute atomic E-state index is 14.8. The maximum atomic E-state index is 14.8. The van der Waals surface area contributed by atoms with Crippen molar-refractivity contribution in [1.82, 2.24) is 0 Å². The normalized spacial score (nSPS) is 52.9. The molecule has 6 aliphatic rings. The summed E-state index contributed by atoms with van der Waals surface area (Å²) in [6, 6.07) is 0. The highest BCUT2D eigenvalue weighted by molar-refractivity contribution is 5.94. The number of hydrogen-bond acceptors (Lipinski definition) is 11. The molecule has 0 amide bonds. The summed E-state index contributed by atoms with van der Waals surface area (Å²) in [5.74, 6) is -0.997. The van der Waals surface area contributed by atoms with Gasteiger partial charge in [-0.2, -0.15) is 0 Å². The van der Waals surface area contributed by atoms with Crippen molar-refractivity contribution >= 4 is 11.6 Å². The predicted octanol–water partition coefficient (Wildman–Crippen LogP) is 1.81. The van der Waals surface area contributed by atoms with Crippen LogP contribution >= 0.6 is 0 Å². The first kappa shape index (κ1) is 35.5. The first-order valence-corrected chi connectivity index (χ1v) is 17.4. The van der Waals surface area contributed by atoms with Crippen molar-refractivity contribution in [3.05, 3.63) is 11.6 Å². The van der Waals surface area contributed by atoms with Crippen molar-refractivity contribution in [1.29, 1.82) is 0 Å². The van der Waals surface area contributed by atoms with Crippen LogP contribution in [0.5, 0.6) is 0 Å². The van der Waals surface area contributed by atoms with Gasteiger partial charge < -0.3 is 44.8 Å². The molecule has 0 aromatic rings. The molecule has 6 rings (SSSR count). The Morgan fingerprint density at radius 3 is 2.23 bits per heavy atom. The lowest BCUT2D eigenvalue weighted by molar-refractivity contribution is -0.311. The van der Waals surface area contributed by atoms with E-state index in [9.17, 15) is 40.2 Å². The van der Waals surface area contributed by atoms with Gasteiger partial charge in [-0.25, -0.2) is 0 Å². The van der Waals surface area contributed by atoms with E-state index in [4.69, 9.17) is 14.2 Å². The topological polar surface area (TPSA) is 183 Å². The van der Waals surface area contributed by atoms with Gasteiger partial charge in [0.1, 0.15) is 36.3 Å². The van der Waals surface area contributed by atoms with Crippen molar-refractivity contribution in [2.75, 3.05) is 6.61 Å². The Labute approximate surface area is 277 Å². The van der Waals surface area contributed by atoms with Crippen LogP contribution < -0.4 is 0 Å². The molecule has 11 heteroatoms. The SMILES string of the molecule is CC1(C)C(=O)[C@@H](O[C@H]2O[C@@H](CO)[C@H](O)[C@@H](O)[C@@H]2O)C[C@@H]2C1=CC[C@@H]1[C@@]2(C)C(=O)C[C@]2(C)[C@@H]([C@@]3(C)CC[C@@H](C(C)(C)O)O3)[C@H](O)C[C@@]12C. The van der Waals surface area contributed by atoms with Crippen molar-refractivity contribution in [2.45, 2.75) is 154 Å². The number of aliphatic hydroxyl groups excluding tert-OH is 5. The summed E-state index contributed by atoms with van der Waals surface area (Å²) in [7, 11) is 0. The van der Waals surface area contributed by atoms with E-state index in [2.05, 4.69) is 19.9 Å². The monoisotopic (exact) mass is 664 g/mol. The summed E-state index contributed by atoms with van der Waals surface area (Å²) < 4.78 is 18.3. The van der Waals surface area contributed by atoms with Crippen LogP contribution in [0.25, 0.3) is 0 Å². The van der Waals surface area contributed by atoms with Gasteiger partial charge in [0.2, 0.25) is 0 Å². The van der Waals surface area contributed by atoms with E-state index in [0.717, 1.165) is 5.57 Å². The van der Waals surface area contributed by atoms with Gasteiger partial charge in [0.25, 0.3) is 0 Å². The molecule has 47 heavy (non-hydrogen) atoms. The number of ether oxygens (including phenoxy) is 3. The average Bonchev–Trinajstić information content (AvgIpc) is 3.47. The van der Waals surface area contributed by atoms with Crippen LogP contribution in [0.3, 0.4) is 0 Å². The Kier molecular flexibility index (Phi) is 8.40. The molecule has 2 saturated heterocycles. The molecule has 0 unspecified atom stereocenters. The van der Waals surface area contributed by atoms with Crippen molar-refractivity contribution in [3.63, 3.8) is 0 Å². The third kappa shape index (κ3) is 4.85. The fourth-order valence-corrected chi connectivity index (χ4v) is 11.5. The molecular formula is C36H56O11. The van der Waals surface area contributed by atoms with Crippen molar-refractivity contribution in [2.24, 2.45) is 39.4 Å². The quantitative estimate of drug-likeness (QED) is 0.236. The second-order valence-corrected chi connectivity index (χ2v) is 17.6. The van der Waals surface area contributed by atoms with Gasteiger partial charge in [-0.1, -0.05) is 32.4 Å². The molecule has 3 saturated carbocycles. The van der Waals surface area contributed by atoms with Gasteiger partial charge in [0.05, 0.1) is 30.0 Å². The van der Waals surface area contributed by atoms with Crippen molar-refractivity contribution in [3.8, 4) is 0 Å². The predicted molar refractivity (Wildman–Crippen MR) is 169 cm³/mol. The van der Waals surface area contributed by atoms with Gasteiger partial charge in [-0.15, -0.1) is 0 Å². The number of carbonyl (C=O) groups is 2. The third-order valence-corrected chi connectivity index (χ3v) is 14.3. The highest BCUT2D eigenvalue weighted by atomic mass is 16.7. The van der Waals surface area contributed by atoms with E-state index < -0.39 is 82.4 Å². The number of carbonyl (C=O) groups excluding carboxylic acids is 2. The second-order valence-electron chi connectivity index (χ2n) is 17.6. The highest BCUT2D eigenvalue weighted by Crippen LogP contribution is 2.75. The van der Waals surface area contributed by atoms with Gasteiger partial charge in [-0.05, 0) is 89.4 Å². The first-order valence-electron chi connectivity index (χ1n) is 17.4. The molecule has 0 aromatic carbocycles. The van der Waals surface area contributed by atoms with Gasteiger partial charge in [0, 0.05) is 23.2 Å². The second kappa shape index (κ2) is 11.1. The number of Topliss-reactive ketones (excluding diaryl/α,β-unsaturated/α-hetero) is 2. The lowest BCUT2D eigenvalue weighted by Gasteiger charge is -2.64. The first-order chi connectivity index (χ1) is 21.6. The van der Waals surface area contributed by atoms with Crippen molar-refractivity contribution < 1.29 is 54.4 Å². The summed E-state index contributed by atoms with van der Waals surface area (Å²) in [4.78, 5) is 28.8. The van der Waals surface area contributed by atoms with E-state index in [1.165, 1.54) is 0 Å². The standard InChI is InChI=1S/C36H56O11/c1-31(2)17-9-10-22-33(5)14-19(38)28(35(7)12-11-24(47-35)32(3,4)44)34(33,6)15-23(39)36(22,8)18(17)13-20(29(31)43)45-30-27(42)26(41)25(40)21(16-37)46-30/h9,18-22,24-28,30,37-38,40-42,44H,10-16H2,1-8H3/t18-,19-,20+,21+,22+,24+,25+,26-,27+,28+,30+,33+,34-,35-,36+/m1/s1. The molecule has 2 aliphatic heterocycles. The number of fused-ring (bicyclic) bond motifs is 5. The van der Waals surface area contributed by atoms with E-state index in [1.54, 1.807) is 13.8 Å². The Balaban J connectivity index is 1.34. The molecule has 2 heterocycles. The number of hydrogen-bond donors (Lipinski definition) is 6. The zero-order valence-electron chi connectivity index (χ0n) is 29.1. The molecule has 266 valence electrons. The van der Waals surface area contributed by atoms with Crippen LogP contribution in [0.4, 0.5) is 0 Å². The van der Waals surface area contributed by atoms with Crippen LogP contribution in [0.2, 0.25) is 0 Å². The highest BCUT2D eigenvalue weighted by Gasteiger charge is 2.75. The Morgan fingerprint density at radius 1 is 0.979 bits per heavy atom. The maximum Gasteiger partial charge on any atom is 0.187 e. The van der Waals surface area contributed by atoms with Crippen LogP contribution in [-0.2, 0) is 23.8 Å². The molecule has 11 nitrogen and oxygen atoms in total. The zero-order valence-corrected chi connectivity index (χ0v) is 29.1. The summed E-state index contributed by atoms with van der Waals surface area (Å²) >= 11 is 0. The minimum absolute atomic E-state index is 0.0783. The molecule has 0 radical (unpaired) electrons. The minimum Gasteiger partial charge on any atom is -0.394 e. The molecule has 5 fully saturated rings. The molecule has 6 N–H and O–H groups in total. The van der Waals surface area contributed by atoms with Gasteiger partial charge in [-0.3, -0.25) is 9.59 Å². The fourth-order valence-electron chi connectivity index (χ4n) is 11.5. The summed E-state index contributed by atoms with van der Waals surface area (Å²) in [5, 5.41) is 63.6. The molecule has 0 aromatic heterocycles. The molecule has 0 bridgehead atoms. The Bertz CT molecular complexity index is 1320. The minimum atomic E-state index is -1.65. The lowest BCUT2D eigenvalue weighted by Crippen LogP contribution is -2.65. The summed E-state index contributed by atoms with van der Waals surface area (Å²) in [6.45, 7) is 14.9. The number of allylic oxidation sites excluding steroid dienone is 2.